The summed E-state index contributed by atoms with van der Waals surface area (Å²) in [4.78, 5) is 16.7. The summed E-state index contributed by atoms with van der Waals surface area (Å²) in [5.41, 5.74) is 0. The summed E-state index contributed by atoms with van der Waals surface area (Å²) in [5.74, 6) is 0.00313. The topological polar surface area (TPSA) is 79.5 Å². The minimum absolute atomic E-state index is 0.400. The quantitative estimate of drug-likeness (QED) is 0.773. The second-order valence-corrected chi connectivity index (χ2v) is 3.89. The minimum atomic E-state index is -0.797. The molecule has 0 aliphatic carbocycles. The lowest BCUT2D eigenvalue weighted by Crippen LogP contribution is -2.28. The van der Waals surface area contributed by atoms with Crippen LogP contribution in [0, 0.1) is 5.92 Å². The zero-order chi connectivity index (χ0) is 12.1. The summed E-state index contributed by atoms with van der Waals surface area (Å²) in [6.07, 6.45) is 0.711. The van der Waals surface area contributed by atoms with Crippen LogP contribution in [-0.2, 0) is 17.8 Å². The molecule has 0 aliphatic heterocycles. The van der Waals surface area contributed by atoms with Gasteiger partial charge in [0.05, 0.1) is 12.5 Å². The maximum absolute atomic E-state index is 10.7. The van der Waals surface area contributed by atoms with E-state index in [9.17, 15) is 4.79 Å². The van der Waals surface area contributed by atoms with Crippen LogP contribution in [0.3, 0.4) is 0 Å². The first-order chi connectivity index (χ1) is 7.52. The molecule has 0 aliphatic rings. The summed E-state index contributed by atoms with van der Waals surface area (Å²) in [6, 6.07) is 0. The van der Waals surface area contributed by atoms with E-state index in [1.165, 1.54) is 0 Å². The van der Waals surface area contributed by atoms with E-state index in [1.54, 1.807) is 6.92 Å². The van der Waals surface area contributed by atoms with Gasteiger partial charge in [-0.25, -0.2) is 0 Å². The third kappa shape index (κ3) is 3.62. The predicted molar refractivity (Wildman–Crippen MR) is 56.8 cm³/mol. The maximum atomic E-state index is 10.7. The first-order valence-electron chi connectivity index (χ1n) is 5.25. The van der Waals surface area contributed by atoms with Gasteiger partial charge in [-0.05, 0) is 7.05 Å². The molecule has 0 aromatic carbocycles. The highest BCUT2D eigenvalue weighted by molar-refractivity contribution is 5.69. The van der Waals surface area contributed by atoms with Crippen LogP contribution in [0.25, 0.3) is 0 Å². The average Bonchev–Trinajstić information content (AvgIpc) is 2.65. The highest BCUT2D eigenvalue weighted by Gasteiger charge is 2.15. The number of carboxylic acids is 1. The van der Waals surface area contributed by atoms with Crippen molar-refractivity contribution in [3.63, 3.8) is 0 Å². The third-order valence-electron chi connectivity index (χ3n) is 2.23. The van der Waals surface area contributed by atoms with Crippen LogP contribution >= 0.6 is 0 Å². The van der Waals surface area contributed by atoms with Gasteiger partial charge >= 0.3 is 5.97 Å². The lowest BCUT2D eigenvalue weighted by molar-refractivity contribution is -0.141. The zero-order valence-corrected chi connectivity index (χ0v) is 9.80. The van der Waals surface area contributed by atoms with Gasteiger partial charge < -0.3 is 9.63 Å². The number of carbonyl (C=O) groups is 1. The molecular weight excluding hydrogens is 210 g/mol. The molecule has 0 spiro atoms. The van der Waals surface area contributed by atoms with E-state index in [4.69, 9.17) is 9.63 Å². The van der Waals surface area contributed by atoms with E-state index in [1.807, 2.05) is 18.9 Å². The SMILES string of the molecule is CCc1nc(CN(C)CC(C)C(=O)O)no1. The monoisotopic (exact) mass is 227 g/mol. The van der Waals surface area contributed by atoms with E-state index >= 15 is 0 Å². The molecule has 0 fully saturated rings. The van der Waals surface area contributed by atoms with E-state index < -0.39 is 11.9 Å². The van der Waals surface area contributed by atoms with Crippen molar-refractivity contribution in [2.45, 2.75) is 26.8 Å². The summed E-state index contributed by atoms with van der Waals surface area (Å²) >= 11 is 0. The van der Waals surface area contributed by atoms with Crippen molar-refractivity contribution in [1.82, 2.24) is 15.0 Å². The molecule has 0 bridgehead atoms. The van der Waals surface area contributed by atoms with Gasteiger partial charge in [-0.15, -0.1) is 0 Å². The van der Waals surface area contributed by atoms with Crippen molar-refractivity contribution in [1.29, 1.82) is 0 Å². The molecule has 0 saturated heterocycles. The molecule has 0 radical (unpaired) electrons. The molecule has 1 aromatic rings. The Hall–Kier alpha value is -1.43. The molecule has 90 valence electrons. The van der Waals surface area contributed by atoms with Gasteiger partial charge in [-0.2, -0.15) is 4.98 Å². The van der Waals surface area contributed by atoms with Gasteiger partial charge in [-0.1, -0.05) is 19.0 Å². The third-order valence-corrected chi connectivity index (χ3v) is 2.23. The first kappa shape index (κ1) is 12.6. The van der Waals surface area contributed by atoms with Crippen molar-refractivity contribution in [2.24, 2.45) is 5.92 Å². The normalized spacial score (nSPS) is 13.0. The zero-order valence-electron chi connectivity index (χ0n) is 9.80. The largest absolute Gasteiger partial charge is 0.481 e. The smallest absolute Gasteiger partial charge is 0.307 e. The number of aromatic nitrogens is 2. The molecule has 0 saturated carbocycles. The van der Waals surface area contributed by atoms with Gasteiger partial charge in [0.15, 0.2) is 5.82 Å². The van der Waals surface area contributed by atoms with Crippen molar-refractivity contribution >= 4 is 5.97 Å². The maximum Gasteiger partial charge on any atom is 0.307 e. The fraction of sp³-hybridized carbons (Fsp3) is 0.700. The van der Waals surface area contributed by atoms with Gasteiger partial charge in [-0.3, -0.25) is 9.69 Å². The Bertz CT molecular complexity index is 351. The van der Waals surface area contributed by atoms with Crippen molar-refractivity contribution in [3.8, 4) is 0 Å². The van der Waals surface area contributed by atoms with Crippen LogP contribution in [0.1, 0.15) is 25.6 Å². The molecule has 6 nitrogen and oxygen atoms in total. The van der Waals surface area contributed by atoms with E-state index in [2.05, 4.69) is 10.1 Å². The number of carboxylic acid groups (broad SMARTS) is 1. The lowest BCUT2D eigenvalue weighted by atomic mass is 10.2. The second kappa shape index (κ2) is 5.60. The minimum Gasteiger partial charge on any atom is -0.481 e. The Labute approximate surface area is 94.3 Å². The average molecular weight is 227 g/mol. The van der Waals surface area contributed by atoms with Gasteiger partial charge in [0, 0.05) is 13.0 Å². The van der Waals surface area contributed by atoms with Gasteiger partial charge in [0.25, 0.3) is 0 Å². The molecule has 1 aromatic heterocycles. The number of aryl methyl sites for hydroxylation is 1. The van der Waals surface area contributed by atoms with Crippen LogP contribution in [0.5, 0.6) is 0 Å². The molecule has 1 rings (SSSR count). The Balaban J connectivity index is 2.44. The van der Waals surface area contributed by atoms with Gasteiger partial charge in [0.1, 0.15) is 0 Å². The number of hydrogen-bond donors (Lipinski definition) is 1. The van der Waals surface area contributed by atoms with E-state index in [-0.39, 0.29) is 0 Å². The molecule has 0 amide bonds. The lowest BCUT2D eigenvalue weighted by Gasteiger charge is -2.16. The summed E-state index contributed by atoms with van der Waals surface area (Å²) in [6.45, 7) is 4.58. The predicted octanol–water partition coefficient (Wildman–Crippen LogP) is 0.784. The summed E-state index contributed by atoms with van der Waals surface area (Å²) < 4.78 is 4.96. The first-order valence-corrected chi connectivity index (χ1v) is 5.25. The number of nitrogens with zero attached hydrogens (tertiary/aromatic N) is 3. The van der Waals surface area contributed by atoms with Crippen molar-refractivity contribution in [2.75, 3.05) is 13.6 Å². The Kier molecular flexibility index (Phi) is 4.42. The Morgan fingerprint density at radius 2 is 2.31 bits per heavy atom. The van der Waals surface area contributed by atoms with E-state index in [0.717, 1.165) is 0 Å². The summed E-state index contributed by atoms with van der Waals surface area (Å²) in [7, 11) is 1.83. The van der Waals surface area contributed by atoms with E-state index in [0.29, 0.717) is 31.2 Å². The van der Waals surface area contributed by atoms with Crippen LogP contribution in [0.4, 0.5) is 0 Å². The fourth-order valence-electron chi connectivity index (χ4n) is 1.35. The fourth-order valence-corrected chi connectivity index (χ4v) is 1.35. The highest BCUT2D eigenvalue weighted by Crippen LogP contribution is 2.04. The molecule has 1 N–H and O–H groups in total. The molecule has 1 atom stereocenters. The van der Waals surface area contributed by atoms with Crippen molar-refractivity contribution < 1.29 is 14.4 Å². The Morgan fingerprint density at radius 1 is 1.62 bits per heavy atom. The molecule has 6 heteroatoms. The van der Waals surface area contributed by atoms with Gasteiger partial charge in [0.2, 0.25) is 5.89 Å². The number of rotatable bonds is 6. The standard InChI is InChI=1S/C10H17N3O3/c1-4-9-11-8(12-16-9)6-13(3)5-7(2)10(14)15/h7H,4-6H2,1-3H3,(H,14,15). The van der Waals surface area contributed by atoms with Crippen molar-refractivity contribution in [3.05, 3.63) is 11.7 Å². The number of hydrogen-bond acceptors (Lipinski definition) is 5. The van der Waals surface area contributed by atoms with Crippen LogP contribution in [0.2, 0.25) is 0 Å². The highest BCUT2D eigenvalue weighted by atomic mass is 16.5. The van der Waals surface area contributed by atoms with Crippen LogP contribution in [0.15, 0.2) is 4.52 Å². The summed E-state index contributed by atoms with van der Waals surface area (Å²) in [5, 5.41) is 12.6. The molecular formula is C10H17N3O3. The Morgan fingerprint density at radius 3 is 2.81 bits per heavy atom. The van der Waals surface area contributed by atoms with Crippen LogP contribution < -0.4 is 0 Å². The molecule has 1 heterocycles. The molecule has 16 heavy (non-hydrogen) atoms. The van der Waals surface area contributed by atoms with Crippen LogP contribution in [-0.4, -0.2) is 39.7 Å². The molecule has 1 unspecified atom stereocenters. The second-order valence-electron chi connectivity index (χ2n) is 3.89. The number of aliphatic carboxylic acids is 1.